The molecule has 0 N–H and O–H groups in total. The van der Waals surface area contributed by atoms with Gasteiger partial charge in [0.25, 0.3) is 0 Å². The highest BCUT2D eigenvalue weighted by molar-refractivity contribution is 7.26. The Balaban J connectivity index is 0.843. The van der Waals surface area contributed by atoms with E-state index in [1.165, 1.54) is 85.7 Å². The van der Waals surface area contributed by atoms with Gasteiger partial charge in [-0.1, -0.05) is 243 Å². The highest BCUT2D eigenvalue weighted by Crippen LogP contribution is 2.62. The molecule has 0 aliphatic heterocycles. The van der Waals surface area contributed by atoms with Crippen molar-refractivity contribution in [3.05, 3.63) is 317 Å². The van der Waals surface area contributed by atoms with E-state index in [2.05, 4.69) is 237 Å². The normalized spacial score (nSPS) is 18.1. The smallest absolute Gasteiger partial charge is 0.164 e. The largest absolute Gasteiger partial charge is 0.208 e. The molecule has 4 aliphatic rings. The third-order valence-electron chi connectivity index (χ3n) is 18.5. The van der Waals surface area contributed by atoms with Gasteiger partial charge in [0.1, 0.15) is 0 Å². The van der Waals surface area contributed by atoms with Crippen molar-refractivity contribution in [1.82, 2.24) is 15.0 Å². The van der Waals surface area contributed by atoms with Gasteiger partial charge >= 0.3 is 0 Å². The minimum atomic E-state index is -0.228. The van der Waals surface area contributed by atoms with Crippen molar-refractivity contribution in [1.29, 1.82) is 0 Å². The molecule has 17 rings (SSSR count). The Morgan fingerprint density at radius 1 is 0.400 bits per heavy atom. The summed E-state index contributed by atoms with van der Waals surface area (Å²) in [6.45, 7) is 2.49. The zero-order chi connectivity index (χ0) is 56.2. The SMILES string of the molecule is CC1(c2ccc(/C(=C(/c3ccc(-c4ccc5c(c4)sc4ccccc45)cc3)c3ccc(-c4nc(-c5ccccc5)nc(-c5ccccc5)n4)cc3)c3ccc(-c4ccc5c(c4)sc4ccccc45)cc3)cc2)C2=C(CCC=C2)C2=C1C=CC1CC21. The van der Waals surface area contributed by atoms with Crippen molar-refractivity contribution in [3.8, 4) is 56.4 Å². The molecular weight excluding hydrogens is 1070 g/mol. The molecule has 3 atom stereocenters. The maximum atomic E-state index is 5.15. The molecule has 402 valence electrons. The minimum Gasteiger partial charge on any atom is -0.208 e. The molecule has 5 heteroatoms. The van der Waals surface area contributed by atoms with Crippen molar-refractivity contribution in [2.75, 3.05) is 0 Å². The zero-order valence-electron chi connectivity index (χ0n) is 46.8. The maximum Gasteiger partial charge on any atom is 0.164 e. The predicted molar refractivity (Wildman–Crippen MR) is 358 cm³/mol. The van der Waals surface area contributed by atoms with Gasteiger partial charge < -0.3 is 0 Å². The van der Waals surface area contributed by atoms with E-state index < -0.39 is 0 Å². The third kappa shape index (κ3) is 8.47. The molecule has 10 aromatic carbocycles. The lowest BCUT2D eigenvalue weighted by Gasteiger charge is -2.32. The van der Waals surface area contributed by atoms with Gasteiger partial charge in [0.15, 0.2) is 17.5 Å². The average molecular weight is 1120 g/mol. The van der Waals surface area contributed by atoms with Crippen molar-refractivity contribution >= 4 is 74.2 Å². The highest BCUT2D eigenvalue weighted by Gasteiger charge is 2.51. The number of thiophene rings is 2. The summed E-state index contributed by atoms with van der Waals surface area (Å²) in [6, 6.07) is 89.0. The Kier molecular flexibility index (Phi) is 11.8. The van der Waals surface area contributed by atoms with Crippen LogP contribution in [-0.2, 0) is 5.41 Å². The fraction of sp³-hybridized carbons (Fsp3) is 0.0875. The summed E-state index contributed by atoms with van der Waals surface area (Å²) in [7, 11) is 0. The Hall–Kier alpha value is -9.65. The second-order valence-electron chi connectivity index (χ2n) is 23.4. The first kappa shape index (κ1) is 49.9. The molecule has 0 spiro atoms. The van der Waals surface area contributed by atoms with Gasteiger partial charge in [-0.15, -0.1) is 22.7 Å². The molecule has 0 amide bonds. The minimum absolute atomic E-state index is 0.228. The number of hydrogen-bond donors (Lipinski definition) is 0. The van der Waals surface area contributed by atoms with E-state index in [9.17, 15) is 0 Å². The number of fused-ring (bicyclic) bond motifs is 9. The summed E-state index contributed by atoms with van der Waals surface area (Å²) in [5.41, 5.74) is 21.8. The van der Waals surface area contributed by atoms with Crippen LogP contribution in [0.4, 0.5) is 0 Å². The summed E-state index contributed by atoms with van der Waals surface area (Å²) >= 11 is 3.73. The Labute approximate surface area is 502 Å². The van der Waals surface area contributed by atoms with E-state index in [0.29, 0.717) is 29.3 Å². The lowest BCUT2D eigenvalue weighted by molar-refractivity contribution is 0.688. The third-order valence-corrected chi connectivity index (χ3v) is 20.8. The van der Waals surface area contributed by atoms with Gasteiger partial charge in [0, 0.05) is 62.4 Å². The maximum absolute atomic E-state index is 5.15. The van der Waals surface area contributed by atoms with Gasteiger partial charge in [-0.05, 0) is 146 Å². The number of aromatic nitrogens is 3. The van der Waals surface area contributed by atoms with Gasteiger partial charge in [-0.2, -0.15) is 0 Å². The first-order chi connectivity index (χ1) is 42.0. The molecule has 0 saturated heterocycles. The Bertz CT molecular complexity index is 4940. The zero-order valence-corrected chi connectivity index (χ0v) is 48.5. The van der Waals surface area contributed by atoms with E-state index in [-0.39, 0.29) is 5.41 Å². The number of hydrogen-bond acceptors (Lipinski definition) is 5. The van der Waals surface area contributed by atoms with E-state index >= 15 is 0 Å². The van der Waals surface area contributed by atoms with Gasteiger partial charge in [-0.25, -0.2) is 15.0 Å². The number of allylic oxidation sites excluding steroid dienone is 8. The van der Waals surface area contributed by atoms with Crippen LogP contribution < -0.4 is 0 Å². The second kappa shape index (κ2) is 20.0. The molecule has 3 nitrogen and oxygen atoms in total. The molecule has 1 fully saturated rings. The molecule has 3 aromatic heterocycles. The molecule has 4 aliphatic carbocycles. The fourth-order valence-corrected chi connectivity index (χ4v) is 16.3. The van der Waals surface area contributed by atoms with Crippen molar-refractivity contribution < 1.29 is 0 Å². The second-order valence-corrected chi connectivity index (χ2v) is 25.5. The summed E-state index contributed by atoms with van der Waals surface area (Å²) in [6.07, 6.45) is 13.4. The van der Waals surface area contributed by atoms with Crippen LogP contribution in [0.3, 0.4) is 0 Å². The van der Waals surface area contributed by atoms with Gasteiger partial charge in [-0.3, -0.25) is 0 Å². The number of nitrogens with zero attached hydrogens (tertiary/aromatic N) is 3. The highest BCUT2D eigenvalue weighted by atomic mass is 32.1. The van der Waals surface area contributed by atoms with Crippen molar-refractivity contribution in [2.24, 2.45) is 11.8 Å². The van der Waals surface area contributed by atoms with Crippen LogP contribution in [0.1, 0.15) is 54.0 Å². The number of rotatable bonds is 10. The summed E-state index contributed by atoms with van der Waals surface area (Å²) < 4.78 is 5.23. The van der Waals surface area contributed by atoms with E-state index in [1.807, 2.05) is 59.1 Å². The van der Waals surface area contributed by atoms with E-state index in [0.717, 1.165) is 62.9 Å². The van der Waals surface area contributed by atoms with Crippen LogP contribution >= 0.6 is 22.7 Å². The molecular formula is C80H55N3S2. The van der Waals surface area contributed by atoms with Crippen LogP contribution in [0.25, 0.3) is 108 Å². The standard InChI is InChI=1S/C80H55N3S2/c1-80(68-21-11-8-20-66(68)76-67-46-60(67)40-45-69(76)80)61-41-36-54(37-42-61)75(52-30-26-50(27-31-52)59-39-44-65-63-19-10-13-23-71(63)85-73(65)48-59)74(51-28-24-49(25-29-51)58-38-43-64-62-18-9-12-22-70(62)84-72(64)47-58)53-32-34-57(35-33-53)79-82-77(55-14-4-2-5-15-55)81-78(83-79)56-16-6-3-7-17-56/h2-7,9-19,21-45,47-48,60,67H,8,20,46H2,1H3/b75-74-. The molecule has 85 heavy (non-hydrogen) atoms. The first-order valence-electron chi connectivity index (χ1n) is 29.7. The Morgan fingerprint density at radius 3 is 1.33 bits per heavy atom. The van der Waals surface area contributed by atoms with Crippen molar-refractivity contribution in [2.45, 2.75) is 31.6 Å². The lowest BCUT2D eigenvalue weighted by atomic mass is 9.70. The predicted octanol–water partition coefficient (Wildman–Crippen LogP) is 21.4. The van der Waals surface area contributed by atoms with Crippen LogP contribution in [0.15, 0.2) is 289 Å². The molecule has 3 heterocycles. The van der Waals surface area contributed by atoms with Crippen LogP contribution in [0.2, 0.25) is 0 Å². The van der Waals surface area contributed by atoms with Crippen LogP contribution in [0, 0.1) is 11.8 Å². The van der Waals surface area contributed by atoms with E-state index in [1.54, 1.807) is 11.1 Å². The average Bonchev–Trinajstić information content (AvgIpc) is 1.61. The molecule has 1 saturated carbocycles. The quantitative estimate of drug-likeness (QED) is 0.128. The summed E-state index contributed by atoms with van der Waals surface area (Å²) in [4.78, 5) is 15.3. The summed E-state index contributed by atoms with van der Waals surface area (Å²) in [5, 5.41) is 5.24. The molecule has 0 radical (unpaired) electrons. The monoisotopic (exact) mass is 1120 g/mol. The van der Waals surface area contributed by atoms with E-state index in [4.69, 9.17) is 15.0 Å². The van der Waals surface area contributed by atoms with Crippen LogP contribution in [-0.4, -0.2) is 15.0 Å². The number of benzene rings is 10. The van der Waals surface area contributed by atoms with Gasteiger partial charge in [0.05, 0.1) is 0 Å². The molecule has 3 unspecified atom stereocenters. The fourth-order valence-electron chi connectivity index (χ4n) is 14.0. The van der Waals surface area contributed by atoms with Crippen LogP contribution in [0.5, 0.6) is 0 Å². The lowest BCUT2D eigenvalue weighted by Crippen LogP contribution is -2.25. The van der Waals surface area contributed by atoms with Crippen molar-refractivity contribution in [3.63, 3.8) is 0 Å². The molecule has 0 bridgehead atoms. The molecule has 13 aromatic rings. The topological polar surface area (TPSA) is 38.7 Å². The summed E-state index contributed by atoms with van der Waals surface area (Å²) in [5.74, 6) is 3.27. The Morgan fingerprint density at radius 2 is 0.824 bits per heavy atom. The first-order valence-corrected chi connectivity index (χ1v) is 31.3. The van der Waals surface area contributed by atoms with Gasteiger partial charge in [0.2, 0.25) is 0 Å².